The van der Waals surface area contributed by atoms with Crippen LogP contribution in [0.3, 0.4) is 0 Å². The van der Waals surface area contributed by atoms with E-state index < -0.39 is 17.7 Å². The van der Waals surface area contributed by atoms with E-state index in [0.29, 0.717) is 5.56 Å². The van der Waals surface area contributed by atoms with Gasteiger partial charge in [-0.1, -0.05) is 66.7 Å². The SMILES string of the molecule is CCOC(=O)c1c(C(=O)OCC)c2cccc(C(=O)c3ccccc3)n2c1C(=O)c1ccccc1. The third kappa shape index (κ3) is 4.36. The summed E-state index contributed by atoms with van der Waals surface area (Å²) >= 11 is 0. The molecule has 4 rings (SSSR count). The van der Waals surface area contributed by atoms with E-state index in [4.69, 9.17) is 9.47 Å². The quantitative estimate of drug-likeness (QED) is 0.273. The lowest BCUT2D eigenvalue weighted by atomic mass is 10.0. The summed E-state index contributed by atoms with van der Waals surface area (Å²) in [6, 6.07) is 21.6. The van der Waals surface area contributed by atoms with Crippen LogP contribution in [0.5, 0.6) is 0 Å². The average molecular weight is 469 g/mol. The highest BCUT2D eigenvalue weighted by molar-refractivity contribution is 6.21. The summed E-state index contributed by atoms with van der Waals surface area (Å²) in [6.45, 7) is 3.35. The summed E-state index contributed by atoms with van der Waals surface area (Å²) in [5, 5.41) is 0. The van der Waals surface area contributed by atoms with Crippen molar-refractivity contribution < 1.29 is 28.7 Å². The molecule has 7 heteroatoms. The molecule has 0 aliphatic carbocycles. The van der Waals surface area contributed by atoms with Crippen LogP contribution < -0.4 is 0 Å². The number of ketones is 2. The first kappa shape index (κ1) is 23.6. The third-order valence-electron chi connectivity index (χ3n) is 5.44. The lowest BCUT2D eigenvalue weighted by Crippen LogP contribution is -2.18. The highest BCUT2D eigenvalue weighted by atomic mass is 16.5. The van der Waals surface area contributed by atoms with Gasteiger partial charge in [-0.2, -0.15) is 0 Å². The van der Waals surface area contributed by atoms with Gasteiger partial charge in [0.05, 0.1) is 24.4 Å². The van der Waals surface area contributed by atoms with Crippen LogP contribution in [0.15, 0.2) is 78.9 Å². The average Bonchev–Trinajstić information content (AvgIpc) is 3.25. The Labute approximate surface area is 201 Å². The van der Waals surface area contributed by atoms with Crippen LogP contribution in [0.1, 0.15) is 66.7 Å². The molecule has 176 valence electrons. The van der Waals surface area contributed by atoms with Crippen molar-refractivity contribution in [3.05, 3.63) is 113 Å². The highest BCUT2D eigenvalue weighted by Gasteiger charge is 2.35. The number of esters is 2. The molecule has 0 amide bonds. The van der Waals surface area contributed by atoms with Gasteiger partial charge < -0.3 is 13.9 Å². The molecule has 0 spiro atoms. The van der Waals surface area contributed by atoms with Gasteiger partial charge in [0.25, 0.3) is 0 Å². The summed E-state index contributed by atoms with van der Waals surface area (Å²) in [4.78, 5) is 53.6. The molecule has 0 saturated carbocycles. The van der Waals surface area contributed by atoms with E-state index in [1.807, 2.05) is 0 Å². The molecule has 7 nitrogen and oxygen atoms in total. The van der Waals surface area contributed by atoms with Crippen molar-refractivity contribution in [3.8, 4) is 0 Å². The van der Waals surface area contributed by atoms with Crippen LogP contribution in [0.2, 0.25) is 0 Å². The van der Waals surface area contributed by atoms with Crippen molar-refractivity contribution in [2.75, 3.05) is 13.2 Å². The van der Waals surface area contributed by atoms with E-state index in [9.17, 15) is 19.2 Å². The number of hydrogen-bond acceptors (Lipinski definition) is 6. The Morgan fingerprint density at radius 1 is 0.629 bits per heavy atom. The lowest BCUT2D eigenvalue weighted by Gasteiger charge is -2.10. The van der Waals surface area contributed by atoms with Crippen LogP contribution >= 0.6 is 0 Å². The topological polar surface area (TPSA) is 91.2 Å². The molecule has 0 atom stereocenters. The fourth-order valence-corrected chi connectivity index (χ4v) is 3.97. The third-order valence-corrected chi connectivity index (χ3v) is 5.44. The van der Waals surface area contributed by atoms with Gasteiger partial charge in [0.2, 0.25) is 11.6 Å². The zero-order valence-corrected chi connectivity index (χ0v) is 19.3. The molecule has 0 bridgehead atoms. The second kappa shape index (κ2) is 10.2. The smallest absolute Gasteiger partial charge is 0.341 e. The molecule has 2 heterocycles. The largest absolute Gasteiger partial charge is 0.462 e. The number of pyridine rings is 1. The van der Waals surface area contributed by atoms with E-state index >= 15 is 0 Å². The Hall–Kier alpha value is -4.52. The number of hydrogen-bond donors (Lipinski definition) is 0. The standard InChI is InChI=1S/C28H23NO6/c1-3-34-27(32)22-20-16-11-17-21(25(30)18-12-7-5-8-13-18)29(20)24(23(22)28(33)35-4-2)26(31)19-14-9-6-10-15-19/h5-17H,3-4H2,1-2H3. The molecule has 0 saturated heterocycles. The van der Waals surface area contributed by atoms with Crippen molar-refractivity contribution in [1.82, 2.24) is 4.40 Å². The van der Waals surface area contributed by atoms with Crippen LogP contribution in [0.25, 0.3) is 5.52 Å². The first-order valence-electron chi connectivity index (χ1n) is 11.2. The zero-order chi connectivity index (χ0) is 24.9. The van der Waals surface area contributed by atoms with Gasteiger partial charge >= 0.3 is 11.9 Å². The Balaban J connectivity index is 2.12. The minimum Gasteiger partial charge on any atom is -0.462 e. The van der Waals surface area contributed by atoms with Crippen molar-refractivity contribution in [2.45, 2.75) is 13.8 Å². The monoisotopic (exact) mass is 469 g/mol. The number of benzene rings is 2. The summed E-state index contributed by atoms with van der Waals surface area (Å²) in [5.41, 5.74) is 0.519. The first-order chi connectivity index (χ1) is 17.0. The summed E-state index contributed by atoms with van der Waals surface area (Å²) in [6.07, 6.45) is 0. The summed E-state index contributed by atoms with van der Waals surface area (Å²) < 4.78 is 11.8. The molecule has 0 unspecified atom stereocenters. The second-order valence-corrected chi connectivity index (χ2v) is 7.56. The van der Waals surface area contributed by atoms with Crippen LogP contribution in [-0.2, 0) is 9.47 Å². The Morgan fingerprint density at radius 2 is 1.14 bits per heavy atom. The molecule has 0 aliphatic heterocycles. The maximum atomic E-state index is 13.8. The van der Waals surface area contributed by atoms with Crippen molar-refractivity contribution >= 4 is 29.0 Å². The van der Waals surface area contributed by atoms with E-state index in [1.165, 1.54) is 4.40 Å². The Bertz CT molecular complexity index is 1420. The Kier molecular flexibility index (Phi) is 6.87. The van der Waals surface area contributed by atoms with E-state index in [0.717, 1.165) is 0 Å². The van der Waals surface area contributed by atoms with Gasteiger partial charge in [-0.3, -0.25) is 9.59 Å². The Morgan fingerprint density at radius 3 is 1.69 bits per heavy atom. The molecular formula is C28H23NO6. The molecule has 0 radical (unpaired) electrons. The normalized spacial score (nSPS) is 10.7. The van der Waals surface area contributed by atoms with E-state index in [1.54, 1.807) is 92.7 Å². The van der Waals surface area contributed by atoms with E-state index in [-0.39, 0.29) is 52.6 Å². The van der Waals surface area contributed by atoms with Gasteiger partial charge in [0.1, 0.15) is 16.8 Å². The molecule has 2 aromatic carbocycles. The van der Waals surface area contributed by atoms with Crippen molar-refractivity contribution in [1.29, 1.82) is 0 Å². The maximum absolute atomic E-state index is 13.8. The van der Waals surface area contributed by atoms with Crippen molar-refractivity contribution in [2.24, 2.45) is 0 Å². The first-order valence-corrected chi connectivity index (χ1v) is 11.2. The van der Waals surface area contributed by atoms with E-state index in [2.05, 4.69) is 0 Å². The van der Waals surface area contributed by atoms with Crippen LogP contribution in [-0.4, -0.2) is 41.1 Å². The molecule has 0 aliphatic rings. The fourth-order valence-electron chi connectivity index (χ4n) is 3.97. The second-order valence-electron chi connectivity index (χ2n) is 7.56. The summed E-state index contributed by atoms with van der Waals surface area (Å²) in [5.74, 6) is -2.55. The van der Waals surface area contributed by atoms with Gasteiger partial charge in [0, 0.05) is 11.1 Å². The highest BCUT2D eigenvalue weighted by Crippen LogP contribution is 2.30. The minimum absolute atomic E-state index is 0.0298. The zero-order valence-electron chi connectivity index (χ0n) is 19.3. The molecule has 0 N–H and O–H groups in total. The predicted molar refractivity (Wildman–Crippen MR) is 129 cm³/mol. The number of nitrogens with zero attached hydrogens (tertiary/aromatic N) is 1. The van der Waals surface area contributed by atoms with Gasteiger partial charge in [-0.25, -0.2) is 9.59 Å². The number of carbonyl (C=O) groups is 4. The molecule has 0 fully saturated rings. The lowest BCUT2D eigenvalue weighted by molar-refractivity contribution is 0.0480. The van der Waals surface area contributed by atoms with Gasteiger partial charge in [-0.15, -0.1) is 0 Å². The maximum Gasteiger partial charge on any atom is 0.341 e. The minimum atomic E-state index is -0.850. The number of ether oxygens (including phenoxy) is 2. The summed E-state index contributed by atoms with van der Waals surface area (Å²) in [7, 11) is 0. The fraction of sp³-hybridized carbons (Fsp3) is 0.143. The van der Waals surface area contributed by atoms with Gasteiger partial charge in [-0.05, 0) is 26.0 Å². The predicted octanol–water partition coefficient (Wildman–Crippen LogP) is 4.75. The number of carbonyl (C=O) groups excluding carboxylic acids is 4. The molecule has 35 heavy (non-hydrogen) atoms. The number of rotatable bonds is 8. The van der Waals surface area contributed by atoms with Crippen molar-refractivity contribution in [3.63, 3.8) is 0 Å². The molecular weight excluding hydrogens is 446 g/mol. The molecule has 2 aromatic heterocycles. The van der Waals surface area contributed by atoms with Gasteiger partial charge in [0.15, 0.2) is 0 Å². The number of fused-ring (bicyclic) bond motifs is 1. The molecule has 4 aromatic rings. The van der Waals surface area contributed by atoms with Crippen LogP contribution in [0.4, 0.5) is 0 Å². The van der Waals surface area contributed by atoms with Crippen LogP contribution in [0, 0.1) is 0 Å². The number of aromatic nitrogens is 1.